The van der Waals surface area contributed by atoms with Gasteiger partial charge in [0.15, 0.2) is 0 Å². The molecule has 2 heterocycles. The fourth-order valence-electron chi connectivity index (χ4n) is 3.80. The maximum Gasteiger partial charge on any atom is 0.267 e. The van der Waals surface area contributed by atoms with E-state index in [1.165, 1.54) is 62.8 Å². The molecule has 1 amide bonds. The van der Waals surface area contributed by atoms with Gasteiger partial charge in [0.05, 0.1) is 18.1 Å². The largest absolute Gasteiger partial charge is 0.365 e. The number of piperidine rings is 1. The van der Waals surface area contributed by atoms with Crippen LogP contribution in [0.4, 0.5) is 5.82 Å². The SMILES string of the molecule is O=C(/C=C/c1cnc(N[C@@H]2CCCN(CC3CCCC3)C2)cn1)NO. The fourth-order valence-corrected chi connectivity index (χ4v) is 3.80. The highest BCUT2D eigenvalue weighted by atomic mass is 16.5. The third-order valence-corrected chi connectivity index (χ3v) is 5.04. The highest BCUT2D eigenvalue weighted by Gasteiger charge is 2.24. The maximum absolute atomic E-state index is 11.0. The van der Waals surface area contributed by atoms with Gasteiger partial charge in [-0.15, -0.1) is 0 Å². The van der Waals surface area contributed by atoms with Gasteiger partial charge in [-0.2, -0.15) is 0 Å². The first-order valence-electron chi connectivity index (χ1n) is 9.16. The van der Waals surface area contributed by atoms with Crippen LogP contribution in [-0.4, -0.2) is 51.7 Å². The van der Waals surface area contributed by atoms with E-state index in [0.717, 1.165) is 24.7 Å². The van der Waals surface area contributed by atoms with E-state index < -0.39 is 5.91 Å². The van der Waals surface area contributed by atoms with Gasteiger partial charge in [0, 0.05) is 25.2 Å². The number of nitrogens with one attached hydrogen (secondary N) is 2. The molecule has 1 aliphatic heterocycles. The number of anilines is 1. The van der Waals surface area contributed by atoms with Gasteiger partial charge in [-0.05, 0) is 44.2 Å². The van der Waals surface area contributed by atoms with E-state index in [0.29, 0.717) is 11.7 Å². The van der Waals surface area contributed by atoms with Gasteiger partial charge in [-0.25, -0.2) is 10.5 Å². The number of likely N-dealkylation sites (tertiary alicyclic amines) is 1. The molecule has 1 aromatic heterocycles. The second kappa shape index (κ2) is 8.92. The monoisotopic (exact) mass is 345 g/mol. The molecule has 1 saturated carbocycles. The Labute approximate surface area is 148 Å². The van der Waals surface area contributed by atoms with Crippen molar-refractivity contribution >= 4 is 17.8 Å². The topological polar surface area (TPSA) is 90.4 Å². The maximum atomic E-state index is 11.0. The summed E-state index contributed by atoms with van der Waals surface area (Å²) in [6, 6.07) is 0.408. The smallest absolute Gasteiger partial charge is 0.267 e. The molecular formula is C18H27N5O2. The molecule has 7 nitrogen and oxygen atoms in total. The zero-order chi connectivity index (χ0) is 17.5. The van der Waals surface area contributed by atoms with Crippen molar-refractivity contribution in [1.29, 1.82) is 0 Å². The molecule has 0 unspecified atom stereocenters. The number of hydrogen-bond donors (Lipinski definition) is 3. The highest BCUT2D eigenvalue weighted by Crippen LogP contribution is 2.26. The first-order valence-corrected chi connectivity index (χ1v) is 9.16. The molecule has 3 N–H and O–H groups in total. The van der Waals surface area contributed by atoms with Crippen LogP contribution < -0.4 is 10.8 Å². The standard InChI is InChI=1S/C18H27N5O2/c24-18(22-25)8-7-15-10-20-17(11-19-15)21-16-6-3-9-23(13-16)12-14-4-1-2-5-14/h7-8,10-11,14,16,25H,1-6,9,12-13H2,(H,20,21)(H,22,24)/b8-7+/t16-/m1/s1. The Morgan fingerprint density at radius 1 is 1.24 bits per heavy atom. The van der Waals surface area contributed by atoms with Gasteiger partial charge in [0.2, 0.25) is 0 Å². The molecule has 2 aliphatic rings. The number of hydroxylamine groups is 1. The van der Waals surface area contributed by atoms with Crippen molar-refractivity contribution in [3.63, 3.8) is 0 Å². The normalized spacial score (nSPS) is 22.4. The molecule has 7 heteroatoms. The predicted molar refractivity (Wildman–Crippen MR) is 96.0 cm³/mol. The van der Waals surface area contributed by atoms with Crippen LogP contribution in [0.25, 0.3) is 6.08 Å². The third kappa shape index (κ3) is 5.51. The van der Waals surface area contributed by atoms with E-state index >= 15 is 0 Å². The van der Waals surface area contributed by atoms with Crippen molar-refractivity contribution in [2.45, 2.75) is 44.6 Å². The summed E-state index contributed by atoms with van der Waals surface area (Å²) < 4.78 is 0. The molecule has 25 heavy (non-hydrogen) atoms. The van der Waals surface area contributed by atoms with E-state index in [9.17, 15) is 4.79 Å². The van der Waals surface area contributed by atoms with Crippen LogP contribution in [0.3, 0.4) is 0 Å². The lowest BCUT2D eigenvalue weighted by Gasteiger charge is -2.34. The Balaban J connectivity index is 1.49. The summed E-state index contributed by atoms with van der Waals surface area (Å²) >= 11 is 0. The Morgan fingerprint density at radius 2 is 2.08 bits per heavy atom. The van der Waals surface area contributed by atoms with Gasteiger partial charge in [0.1, 0.15) is 5.82 Å². The molecule has 1 saturated heterocycles. The number of aromatic nitrogens is 2. The molecule has 2 fully saturated rings. The summed E-state index contributed by atoms with van der Waals surface area (Å²) in [5.41, 5.74) is 2.11. The molecule has 0 bridgehead atoms. The lowest BCUT2D eigenvalue weighted by molar-refractivity contribution is -0.124. The van der Waals surface area contributed by atoms with Crippen molar-refractivity contribution in [3.8, 4) is 0 Å². The van der Waals surface area contributed by atoms with Gasteiger partial charge in [-0.1, -0.05) is 12.8 Å². The number of amides is 1. The van der Waals surface area contributed by atoms with Crippen molar-refractivity contribution in [2.24, 2.45) is 5.92 Å². The fraction of sp³-hybridized carbons (Fsp3) is 0.611. The van der Waals surface area contributed by atoms with Crippen molar-refractivity contribution in [2.75, 3.05) is 25.0 Å². The summed E-state index contributed by atoms with van der Waals surface area (Å²) in [5.74, 6) is 1.06. The number of carbonyl (C=O) groups excluding carboxylic acids is 1. The molecule has 1 atom stereocenters. The average molecular weight is 345 g/mol. The highest BCUT2D eigenvalue weighted by molar-refractivity contribution is 5.90. The lowest BCUT2D eigenvalue weighted by Crippen LogP contribution is -2.43. The Morgan fingerprint density at radius 3 is 2.80 bits per heavy atom. The van der Waals surface area contributed by atoms with E-state index in [1.54, 1.807) is 12.4 Å². The van der Waals surface area contributed by atoms with Gasteiger partial charge in [-0.3, -0.25) is 15.0 Å². The summed E-state index contributed by atoms with van der Waals surface area (Å²) in [6.07, 6.45) is 14.0. The van der Waals surface area contributed by atoms with E-state index in [-0.39, 0.29) is 0 Å². The number of rotatable bonds is 6. The average Bonchev–Trinajstić information content (AvgIpc) is 3.14. The van der Waals surface area contributed by atoms with E-state index in [2.05, 4.69) is 20.2 Å². The summed E-state index contributed by atoms with van der Waals surface area (Å²) in [7, 11) is 0. The van der Waals surface area contributed by atoms with E-state index in [4.69, 9.17) is 5.21 Å². The van der Waals surface area contributed by atoms with Gasteiger partial charge >= 0.3 is 0 Å². The Hall–Kier alpha value is -1.99. The summed E-state index contributed by atoms with van der Waals surface area (Å²) in [4.78, 5) is 22.2. The number of carbonyl (C=O) groups is 1. The zero-order valence-electron chi connectivity index (χ0n) is 14.5. The van der Waals surface area contributed by atoms with Crippen LogP contribution in [0.5, 0.6) is 0 Å². The van der Waals surface area contributed by atoms with Crippen molar-refractivity contribution in [3.05, 3.63) is 24.2 Å². The number of hydrogen-bond acceptors (Lipinski definition) is 6. The quantitative estimate of drug-likeness (QED) is 0.415. The second-order valence-corrected chi connectivity index (χ2v) is 7.03. The van der Waals surface area contributed by atoms with Crippen molar-refractivity contribution in [1.82, 2.24) is 20.3 Å². The Bertz CT molecular complexity index is 584. The van der Waals surface area contributed by atoms with Crippen LogP contribution in [0.1, 0.15) is 44.2 Å². The van der Waals surface area contributed by atoms with Gasteiger partial charge in [0.25, 0.3) is 5.91 Å². The number of nitrogens with zero attached hydrogens (tertiary/aromatic N) is 3. The van der Waals surface area contributed by atoms with Crippen LogP contribution in [0, 0.1) is 5.92 Å². The first kappa shape index (κ1) is 17.8. The summed E-state index contributed by atoms with van der Waals surface area (Å²) in [5, 5.41) is 11.9. The lowest BCUT2D eigenvalue weighted by atomic mass is 10.0. The molecule has 0 radical (unpaired) electrons. The molecule has 1 aliphatic carbocycles. The van der Waals surface area contributed by atoms with Crippen molar-refractivity contribution < 1.29 is 10.0 Å². The molecule has 0 spiro atoms. The minimum Gasteiger partial charge on any atom is -0.365 e. The predicted octanol–water partition coefficient (Wildman–Crippen LogP) is 2.06. The van der Waals surface area contributed by atoms with Crippen LogP contribution >= 0.6 is 0 Å². The zero-order valence-corrected chi connectivity index (χ0v) is 14.5. The molecule has 3 rings (SSSR count). The first-order chi connectivity index (χ1) is 12.2. The van der Waals surface area contributed by atoms with Gasteiger partial charge < -0.3 is 10.2 Å². The van der Waals surface area contributed by atoms with Crippen LogP contribution in [-0.2, 0) is 4.79 Å². The van der Waals surface area contributed by atoms with Crippen LogP contribution in [0.15, 0.2) is 18.5 Å². The second-order valence-electron chi connectivity index (χ2n) is 7.03. The van der Waals surface area contributed by atoms with E-state index in [1.807, 2.05) is 0 Å². The summed E-state index contributed by atoms with van der Waals surface area (Å²) in [6.45, 7) is 3.51. The Kier molecular flexibility index (Phi) is 6.36. The third-order valence-electron chi connectivity index (χ3n) is 5.04. The molecule has 136 valence electrons. The van der Waals surface area contributed by atoms with Crippen LogP contribution in [0.2, 0.25) is 0 Å². The molecule has 1 aromatic rings. The molecule has 0 aromatic carbocycles. The minimum atomic E-state index is -0.589. The minimum absolute atomic E-state index is 0.408. The molecular weight excluding hydrogens is 318 g/mol.